The van der Waals surface area contributed by atoms with Crippen LogP contribution in [0.3, 0.4) is 0 Å². The van der Waals surface area contributed by atoms with Gasteiger partial charge < -0.3 is 15.1 Å². The molecule has 0 aliphatic carbocycles. The van der Waals surface area contributed by atoms with Gasteiger partial charge in [-0.25, -0.2) is 4.79 Å². The lowest BCUT2D eigenvalue weighted by atomic mass is 9.94. The SMILES string of the molecule is CCN(CC)C(CNC(=O)N1CCN(C(=O)C(C)(C)C)CC1)c1ccccc1. The minimum absolute atomic E-state index is 0.0454. The number of piperazine rings is 1. The van der Waals surface area contributed by atoms with Gasteiger partial charge in [0.2, 0.25) is 5.91 Å². The van der Waals surface area contributed by atoms with E-state index in [0.717, 1.165) is 13.1 Å². The average Bonchev–Trinajstić information content (AvgIpc) is 2.70. The molecule has 1 heterocycles. The van der Waals surface area contributed by atoms with E-state index < -0.39 is 0 Å². The molecular weight excluding hydrogens is 352 g/mol. The second kappa shape index (κ2) is 9.92. The summed E-state index contributed by atoms with van der Waals surface area (Å²) in [6.45, 7) is 14.9. The van der Waals surface area contributed by atoms with Gasteiger partial charge >= 0.3 is 6.03 Å². The summed E-state index contributed by atoms with van der Waals surface area (Å²) in [6.07, 6.45) is 0. The van der Waals surface area contributed by atoms with E-state index in [2.05, 4.69) is 36.2 Å². The smallest absolute Gasteiger partial charge is 0.317 e. The third-order valence-electron chi connectivity index (χ3n) is 5.38. The summed E-state index contributed by atoms with van der Waals surface area (Å²) in [6, 6.07) is 10.4. The number of hydrogen-bond acceptors (Lipinski definition) is 3. The molecule has 1 atom stereocenters. The van der Waals surface area contributed by atoms with Crippen molar-refractivity contribution in [1.29, 1.82) is 0 Å². The van der Waals surface area contributed by atoms with Gasteiger partial charge in [-0.1, -0.05) is 65.0 Å². The number of nitrogens with zero attached hydrogens (tertiary/aromatic N) is 3. The first-order valence-corrected chi connectivity index (χ1v) is 10.4. The molecule has 6 heteroatoms. The number of urea groups is 1. The Bertz CT molecular complexity index is 630. The van der Waals surface area contributed by atoms with Crippen molar-refractivity contribution in [2.75, 3.05) is 45.8 Å². The molecule has 1 aliphatic rings. The van der Waals surface area contributed by atoms with Crippen LogP contribution in [-0.4, -0.2) is 72.5 Å². The molecule has 0 bridgehead atoms. The molecule has 1 aliphatic heterocycles. The molecule has 1 aromatic carbocycles. The molecule has 1 aromatic rings. The first-order chi connectivity index (χ1) is 13.3. The van der Waals surface area contributed by atoms with Gasteiger partial charge in [0.1, 0.15) is 0 Å². The molecule has 1 unspecified atom stereocenters. The molecule has 0 radical (unpaired) electrons. The van der Waals surface area contributed by atoms with Crippen LogP contribution in [0.1, 0.15) is 46.2 Å². The molecule has 6 nitrogen and oxygen atoms in total. The summed E-state index contributed by atoms with van der Waals surface area (Å²) in [5, 5.41) is 3.12. The minimum atomic E-state index is -0.378. The summed E-state index contributed by atoms with van der Waals surface area (Å²) in [7, 11) is 0. The zero-order valence-electron chi connectivity index (χ0n) is 18.1. The van der Waals surface area contributed by atoms with E-state index in [1.165, 1.54) is 5.56 Å². The van der Waals surface area contributed by atoms with E-state index >= 15 is 0 Å². The number of carbonyl (C=O) groups is 2. The quantitative estimate of drug-likeness (QED) is 0.815. The first-order valence-electron chi connectivity index (χ1n) is 10.4. The number of likely N-dealkylation sites (N-methyl/N-ethyl adjacent to an activating group) is 1. The number of hydrogen-bond donors (Lipinski definition) is 1. The van der Waals surface area contributed by atoms with Crippen LogP contribution in [0.25, 0.3) is 0 Å². The van der Waals surface area contributed by atoms with Crippen LogP contribution in [0.15, 0.2) is 30.3 Å². The Balaban J connectivity index is 1.92. The van der Waals surface area contributed by atoms with Crippen LogP contribution in [0, 0.1) is 5.41 Å². The Kier molecular flexibility index (Phi) is 7.87. The number of rotatable bonds is 6. The molecule has 1 fully saturated rings. The second-order valence-corrected chi connectivity index (χ2v) is 8.36. The lowest BCUT2D eigenvalue weighted by Crippen LogP contribution is -2.55. The molecule has 2 rings (SSSR count). The molecule has 28 heavy (non-hydrogen) atoms. The van der Waals surface area contributed by atoms with Gasteiger partial charge in [0.25, 0.3) is 0 Å². The van der Waals surface area contributed by atoms with Crippen LogP contribution in [0.4, 0.5) is 4.79 Å². The van der Waals surface area contributed by atoms with Crippen LogP contribution in [-0.2, 0) is 4.79 Å². The number of carbonyl (C=O) groups excluding carboxylic acids is 2. The van der Waals surface area contributed by atoms with Crippen molar-refractivity contribution in [2.24, 2.45) is 5.41 Å². The highest BCUT2D eigenvalue weighted by Gasteiger charge is 2.31. The monoisotopic (exact) mass is 388 g/mol. The third kappa shape index (κ3) is 5.71. The third-order valence-corrected chi connectivity index (χ3v) is 5.38. The fourth-order valence-corrected chi connectivity index (χ4v) is 3.68. The highest BCUT2D eigenvalue weighted by Crippen LogP contribution is 2.20. The maximum Gasteiger partial charge on any atom is 0.317 e. The first kappa shape index (κ1) is 22.2. The van der Waals surface area contributed by atoms with E-state index in [0.29, 0.717) is 32.7 Å². The highest BCUT2D eigenvalue weighted by atomic mass is 16.2. The van der Waals surface area contributed by atoms with Crippen molar-refractivity contribution < 1.29 is 9.59 Å². The zero-order valence-corrected chi connectivity index (χ0v) is 18.1. The van der Waals surface area contributed by atoms with Crippen molar-refractivity contribution in [2.45, 2.75) is 40.7 Å². The van der Waals surface area contributed by atoms with Gasteiger partial charge in [0.15, 0.2) is 0 Å². The largest absolute Gasteiger partial charge is 0.339 e. The van der Waals surface area contributed by atoms with Gasteiger partial charge in [-0.2, -0.15) is 0 Å². The maximum absolute atomic E-state index is 12.7. The summed E-state index contributed by atoms with van der Waals surface area (Å²) in [4.78, 5) is 31.2. The summed E-state index contributed by atoms with van der Waals surface area (Å²) in [5.41, 5.74) is 0.837. The van der Waals surface area contributed by atoms with Gasteiger partial charge in [0, 0.05) is 38.1 Å². The van der Waals surface area contributed by atoms with Crippen LogP contribution in [0.5, 0.6) is 0 Å². The maximum atomic E-state index is 12.7. The Hall–Kier alpha value is -2.08. The van der Waals surface area contributed by atoms with Gasteiger partial charge in [-0.15, -0.1) is 0 Å². The number of nitrogens with one attached hydrogen (secondary N) is 1. The summed E-state index contributed by atoms with van der Waals surface area (Å²) < 4.78 is 0. The van der Waals surface area contributed by atoms with Crippen molar-refractivity contribution in [3.8, 4) is 0 Å². The Morgan fingerprint density at radius 3 is 2.04 bits per heavy atom. The van der Waals surface area contributed by atoms with Crippen molar-refractivity contribution in [3.05, 3.63) is 35.9 Å². The van der Waals surface area contributed by atoms with Gasteiger partial charge in [0.05, 0.1) is 6.04 Å². The number of amides is 3. The van der Waals surface area contributed by atoms with E-state index in [1.54, 1.807) is 0 Å². The lowest BCUT2D eigenvalue weighted by molar-refractivity contribution is -0.140. The number of benzene rings is 1. The Morgan fingerprint density at radius 2 is 1.54 bits per heavy atom. The van der Waals surface area contributed by atoms with Crippen molar-refractivity contribution >= 4 is 11.9 Å². The van der Waals surface area contributed by atoms with Gasteiger partial charge in [-0.05, 0) is 18.7 Å². The molecule has 0 spiro atoms. The summed E-state index contributed by atoms with van der Waals surface area (Å²) in [5.74, 6) is 0.151. The normalized spacial score (nSPS) is 16.2. The average molecular weight is 389 g/mol. The molecule has 3 amide bonds. The standard InChI is InChI=1S/C22H36N4O2/c1-6-24(7-2)19(18-11-9-8-10-12-18)17-23-21(28)26-15-13-25(14-16-26)20(27)22(3,4)5/h8-12,19H,6-7,13-17H2,1-5H3,(H,23,28). The fraction of sp³-hybridized carbons (Fsp3) is 0.636. The fourth-order valence-electron chi connectivity index (χ4n) is 3.68. The molecule has 1 saturated heterocycles. The van der Waals surface area contributed by atoms with Crippen LogP contribution in [0.2, 0.25) is 0 Å². The predicted molar refractivity (Wildman–Crippen MR) is 113 cm³/mol. The Morgan fingerprint density at radius 1 is 1.00 bits per heavy atom. The van der Waals surface area contributed by atoms with Crippen LogP contribution >= 0.6 is 0 Å². The van der Waals surface area contributed by atoms with E-state index in [9.17, 15) is 9.59 Å². The van der Waals surface area contributed by atoms with Gasteiger partial charge in [-0.3, -0.25) is 9.69 Å². The van der Waals surface area contributed by atoms with E-state index in [4.69, 9.17) is 0 Å². The molecular formula is C22H36N4O2. The highest BCUT2D eigenvalue weighted by molar-refractivity contribution is 5.82. The lowest BCUT2D eigenvalue weighted by Gasteiger charge is -2.38. The summed E-state index contributed by atoms with van der Waals surface area (Å²) >= 11 is 0. The van der Waals surface area contributed by atoms with E-state index in [-0.39, 0.29) is 23.4 Å². The predicted octanol–water partition coefficient (Wildman–Crippen LogP) is 2.97. The Labute approximate surface area is 169 Å². The molecule has 1 N–H and O–H groups in total. The van der Waals surface area contributed by atoms with E-state index in [1.807, 2.05) is 48.8 Å². The topological polar surface area (TPSA) is 55.9 Å². The molecule has 156 valence electrons. The minimum Gasteiger partial charge on any atom is -0.339 e. The second-order valence-electron chi connectivity index (χ2n) is 8.36. The molecule has 0 saturated carbocycles. The van der Waals surface area contributed by atoms with Crippen molar-refractivity contribution in [3.63, 3.8) is 0 Å². The van der Waals surface area contributed by atoms with Crippen LogP contribution < -0.4 is 5.32 Å². The van der Waals surface area contributed by atoms with Crippen molar-refractivity contribution in [1.82, 2.24) is 20.0 Å². The molecule has 0 aromatic heterocycles. The zero-order chi connectivity index (χ0) is 20.7.